The standard InChI is InChI=1S/C31H58N14O9/c1-14(2)22(45-21(46)13-32)28(52)42-17(5)25(49)40-15(3)23(47)39-16(4)24(48)41-18(6)26(50)43-19(9-7-11-37-30(33)34)27(51)44-20(29(53)54)10-8-12-38-31(35)36/h14-20,22H,7-13,32H2,1-6H3,(H,39,47)(H,40,49)(H,41,48)(H,42,52)(H,43,50)(H,44,51)(H,45,46)(H,53,54)(H4,33,34,37)(H4,35,36,38). The second-order valence-electron chi connectivity index (χ2n) is 12.8. The average molecular weight is 771 g/mol. The monoisotopic (exact) mass is 770 g/mol. The van der Waals surface area contributed by atoms with Crippen molar-refractivity contribution >= 4 is 59.2 Å². The Hall–Kier alpha value is -5.74. The van der Waals surface area contributed by atoms with E-state index in [0.717, 1.165) is 0 Å². The Kier molecular flexibility index (Phi) is 21.9. The number of nitrogens with two attached hydrogens (primary N) is 5. The number of rotatable bonds is 24. The SMILES string of the molecule is CC(NC(=O)C(C)NC(=O)C(C)NC(=O)C(NC(=O)CN)C(C)C)C(=O)NC(C)C(=O)NC(CCCN=C(N)N)C(=O)NC(CCCN=C(N)N)C(=O)O. The molecule has 0 aliphatic carbocycles. The summed E-state index contributed by atoms with van der Waals surface area (Å²) in [7, 11) is 0. The maximum atomic E-state index is 13.1. The van der Waals surface area contributed by atoms with Crippen molar-refractivity contribution in [3.63, 3.8) is 0 Å². The molecule has 0 heterocycles. The van der Waals surface area contributed by atoms with Gasteiger partial charge < -0.3 is 71.0 Å². The molecule has 0 radical (unpaired) electrons. The van der Waals surface area contributed by atoms with Crippen LogP contribution in [-0.4, -0.2) is 126 Å². The molecule has 0 aromatic carbocycles. The van der Waals surface area contributed by atoms with Gasteiger partial charge in [-0.25, -0.2) is 4.79 Å². The lowest BCUT2D eigenvalue weighted by Gasteiger charge is -2.25. The topological polar surface area (TPSA) is 396 Å². The molecule has 0 rings (SSSR count). The molecule has 7 atom stereocenters. The summed E-state index contributed by atoms with van der Waals surface area (Å²) in [6.45, 7) is 8.66. The molecule has 306 valence electrons. The maximum absolute atomic E-state index is 13.1. The van der Waals surface area contributed by atoms with E-state index in [1.165, 1.54) is 27.7 Å². The molecule has 0 aromatic heterocycles. The number of aliphatic imine (C=N–C) groups is 2. The van der Waals surface area contributed by atoms with Crippen LogP contribution in [0.5, 0.6) is 0 Å². The van der Waals surface area contributed by atoms with Gasteiger partial charge in [-0.3, -0.25) is 43.5 Å². The van der Waals surface area contributed by atoms with Crippen LogP contribution < -0.4 is 65.9 Å². The van der Waals surface area contributed by atoms with Gasteiger partial charge in [-0.15, -0.1) is 0 Å². The van der Waals surface area contributed by atoms with Crippen molar-refractivity contribution in [2.24, 2.45) is 44.6 Å². The Morgan fingerprint density at radius 3 is 1.22 bits per heavy atom. The van der Waals surface area contributed by atoms with E-state index in [2.05, 4.69) is 47.2 Å². The van der Waals surface area contributed by atoms with Gasteiger partial charge in [0.1, 0.15) is 42.3 Å². The number of aliphatic carboxylic acids is 1. The maximum Gasteiger partial charge on any atom is 0.326 e. The molecule has 54 heavy (non-hydrogen) atoms. The fourth-order valence-electron chi connectivity index (χ4n) is 4.45. The number of carboxylic acid groups (broad SMARTS) is 1. The van der Waals surface area contributed by atoms with Crippen molar-refractivity contribution in [3.05, 3.63) is 0 Å². The molecule has 0 aliphatic rings. The number of guanidine groups is 2. The van der Waals surface area contributed by atoms with Gasteiger partial charge in [0.15, 0.2) is 11.9 Å². The van der Waals surface area contributed by atoms with Crippen LogP contribution in [0.1, 0.15) is 67.2 Å². The Balaban J connectivity index is 5.36. The largest absolute Gasteiger partial charge is 0.480 e. The summed E-state index contributed by atoms with van der Waals surface area (Å²) in [6, 6.07) is -8.23. The first-order valence-electron chi connectivity index (χ1n) is 17.3. The quantitative estimate of drug-likeness (QED) is 0.0247. The van der Waals surface area contributed by atoms with Crippen LogP contribution in [0.2, 0.25) is 0 Å². The minimum atomic E-state index is -1.33. The lowest BCUT2D eigenvalue weighted by Crippen LogP contribution is -2.58. The van der Waals surface area contributed by atoms with Gasteiger partial charge in [0, 0.05) is 13.1 Å². The highest BCUT2D eigenvalue weighted by Gasteiger charge is 2.30. The highest BCUT2D eigenvalue weighted by atomic mass is 16.4. The van der Waals surface area contributed by atoms with E-state index in [0.29, 0.717) is 0 Å². The molecule has 18 N–H and O–H groups in total. The molecule has 0 saturated heterocycles. The van der Waals surface area contributed by atoms with Crippen molar-refractivity contribution < 1.29 is 43.5 Å². The van der Waals surface area contributed by atoms with Crippen LogP contribution in [0.15, 0.2) is 9.98 Å². The summed E-state index contributed by atoms with van der Waals surface area (Å²) in [4.78, 5) is 108. The van der Waals surface area contributed by atoms with Crippen molar-refractivity contribution in [1.82, 2.24) is 37.2 Å². The fraction of sp³-hybridized carbons (Fsp3) is 0.677. The molecule has 0 fully saturated rings. The lowest BCUT2D eigenvalue weighted by atomic mass is 10.0. The zero-order valence-electron chi connectivity index (χ0n) is 31.6. The number of nitrogens with zero attached hydrogens (tertiary/aromatic N) is 2. The lowest BCUT2D eigenvalue weighted by molar-refractivity contribution is -0.142. The van der Waals surface area contributed by atoms with Gasteiger partial charge in [-0.1, -0.05) is 13.8 Å². The third kappa shape index (κ3) is 19.2. The van der Waals surface area contributed by atoms with E-state index in [4.69, 9.17) is 28.7 Å². The summed E-state index contributed by atoms with van der Waals surface area (Å²) in [5.74, 6) is -7.08. The third-order valence-corrected chi connectivity index (χ3v) is 7.60. The minimum Gasteiger partial charge on any atom is -0.480 e. The van der Waals surface area contributed by atoms with Crippen LogP contribution in [-0.2, 0) is 38.4 Å². The number of hydrogen-bond acceptors (Lipinski definition) is 11. The Bertz CT molecular complexity index is 1380. The molecule has 0 spiro atoms. The zero-order valence-corrected chi connectivity index (χ0v) is 31.6. The van der Waals surface area contributed by atoms with E-state index in [-0.39, 0.29) is 63.2 Å². The minimum absolute atomic E-state index is 0.00309. The second-order valence-corrected chi connectivity index (χ2v) is 12.8. The molecular formula is C31H58N14O9. The first kappa shape index (κ1) is 48.3. The first-order chi connectivity index (χ1) is 25.1. The summed E-state index contributed by atoms with van der Waals surface area (Å²) < 4.78 is 0. The average Bonchev–Trinajstić information content (AvgIpc) is 3.08. The van der Waals surface area contributed by atoms with Crippen LogP contribution in [0.3, 0.4) is 0 Å². The van der Waals surface area contributed by atoms with Gasteiger partial charge >= 0.3 is 5.97 Å². The summed E-state index contributed by atoms with van der Waals surface area (Å²) in [5, 5.41) is 26.7. The van der Waals surface area contributed by atoms with Gasteiger partial charge in [0.25, 0.3) is 0 Å². The smallest absolute Gasteiger partial charge is 0.326 e. The molecule has 0 aromatic rings. The number of carbonyl (C=O) groups is 8. The molecule has 0 aliphatic heterocycles. The van der Waals surface area contributed by atoms with E-state index in [9.17, 15) is 43.5 Å². The number of nitrogens with one attached hydrogen (secondary N) is 7. The van der Waals surface area contributed by atoms with Gasteiger partial charge in [-0.05, 0) is 59.3 Å². The highest BCUT2D eigenvalue weighted by molar-refractivity contribution is 5.97. The highest BCUT2D eigenvalue weighted by Crippen LogP contribution is 2.05. The van der Waals surface area contributed by atoms with Crippen molar-refractivity contribution in [2.75, 3.05) is 19.6 Å². The number of carboxylic acids is 1. The summed E-state index contributed by atoms with van der Waals surface area (Å²) in [6.07, 6.45) is 0.425. The number of carbonyl (C=O) groups excluding carboxylic acids is 7. The number of amides is 7. The van der Waals surface area contributed by atoms with Gasteiger partial charge in [0.05, 0.1) is 6.54 Å². The van der Waals surface area contributed by atoms with E-state index < -0.39 is 89.6 Å². The predicted octanol–water partition coefficient (Wildman–Crippen LogP) is -5.73. The van der Waals surface area contributed by atoms with Crippen molar-refractivity contribution in [2.45, 2.75) is 110 Å². The molecular weight excluding hydrogens is 712 g/mol. The van der Waals surface area contributed by atoms with Crippen LogP contribution in [0, 0.1) is 5.92 Å². The molecule has 0 saturated carbocycles. The number of hydrogen-bond donors (Lipinski definition) is 13. The van der Waals surface area contributed by atoms with Crippen LogP contribution in [0.25, 0.3) is 0 Å². The fourth-order valence-corrected chi connectivity index (χ4v) is 4.45. The van der Waals surface area contributed by atoms with Gasteiger partial charge in [-0.2, -0.15) is 0 Å². The zero-order chi connectivity index (χ0) is 41.7. The summed E-state index contributed by atoms with van der Waals surface area (Å²) >= 11 is 0. The van der Waals surface area contributed by atoms with E-state index in [1.54, 1.807) is 13.8 Å². The summed E-state index contributed by atoms with van der Waals surface area (Å²) in [5.41, 5.74) is 26.5. The van der Waals surface area contributed by atoms with Gasteiger partial charge in [0.2, 0.25) is 41.4 Å². The molecule has 7 unspecified atom stereocenters. The molecule has 23 heteroatoms. The Morgan fingerprint density at radius 1 is 0.519 bits per heavy atom. The first-order valence-corrected chi connectivity index (χ1v) is 17.3. The normalized spacial score (nSPS) is 14.6. The molecule has 0 bridgehead atoms. The molecule has 7 amide bonds. The second kappa shape index (κ2) is 24.5. The van der Waals surface area contributed by atoms with E-state index in [1.807, 2.05) is 0 Å². The predicted molar refractivity (Wildman–Crippen MR) is 198 cm³/mol. The van der Waals surface area contributed by atoms with E-state index >= 15 is 0 Å². The Morgan fingerprint density at radius 2 is 0.870 bits per heavy atom. The van der Waals surface area contributed by atoms with Crippen LogP contribution >= 0.6 is 0 Å². The van der Waals surface area contributed by atoms with Crippen molar-refractivity contribution in [3.8, 4) is 0 Å². The van der Waals surface area contributed by atoms with Crippen molar-refractivity contribution in [1.29, 1.82) is 0 Å². The third-order valence-electron chi connectivity index (χ3n) is 7.60. The Labute approximate surface area is 313 Å². The van der Waals surface area contributed by atoms with Crippen LogP contribution in [0.4, 0.5) is 0 Å². The molecule has 23 nitrogen and oxygen atoms in total.